The maximum atomic E-state index is 12.5. The van der Waals surface area contributed by atoms with Gasteiger partial charge in [-0.15, -0.1) is 0 Å². The van der Waals surface area contributed by atoms with E-state index in [-0.39, 0.29) is 74.9 Å². The van der Waals surface area contributed by atoms with Crippen molar-refractivity contribution in [2.45, 2.75) is 68.8 Å². The molecule has 0 spiro atoms. The molecule has 2 rings (SSSR count). The summed E-state index contributed by atoms with van der Waals surface area (Å²) in [6, 6.07) is 7.31. The van der Waals surface area contributed by atoms with Crippen molar-refractivity contribution in [3.8, 4) is 5.75 Å². The first kappa shape index (κ1) is 37.5. The number of ether oxygens (including phenoxy) is 1. The molecular formula is C27H35N2NaO8S3. The average Bonchev–Trinajstić information content (AvgIpc) is 3.21. The van der Waals surface area contributed by atoms with Crippen molar-refractivity contribution < 1.29 is 68.2 Å². The van der Waals surface area contributed by atoms with Gasteiger partial charge in [0.05, 0.1) is 11.8 Å². The van der Waals surface area contributed by atoms with Gasteiger partial charge in [-0.3, -0.25) is 29.3 Å². The van der Waals surface area contributed by atoms with Crippen molar-refractivity contribution in [1.82, 2.24) is 10.2 Å². The molecule has 0 bridgehead atoms. The maximum absolute atomic E-state index is 12.5. The van der Waals surface area contributed by atoms with E-state index in [4.69, 9.17) is 4.74 Å². The van der Waals surface area contributed by atoms with Gasteiger partial charge in [0.2, 0.25) is 11.8 Å². The minimum Gasteiger partial charge on any atom is -0.550 e. The third kappa shape index (κ3) is 16.1. The fourth-order valence-electron chi connectivity index (χ4n) is 3.81. The van der Waals surface area contributed by atoms with E-state index in [0.29, 0.717) is 50.3 Å². The van der Waals surface area contributed by atoms with E-state index in [0.717, 1.165) is 41.9 Å². The molecule has 1 aliphatic heterocycles. The minimum atomic E-state index is -1.25. The van der Waals surface area contributed by atoms with E-state index >= 15 is 0 Å². The Morgan fingerprint density at radius 1 is 1.07 bits per heavy atom. The van der Waals surface area contributed by atoms with Gasteiger partial charge in [-0.2, -0.15) is 0 Å². The SMILES string of the molecule is CC(=O)SC(CCCCC(=O)N(C)CCOc1ccc(CC2SC(=O)NC2=O)cc1)CCSC(=O)CCC(=O)[O-].[Na+]. The molecule has 3 amide bonds. The zero-order valence-electron chi connectivity index (χ0n) is 23.7. The molecule has 1 fully saturated rings. The van der Waals surface area contributed by atoms with Gasteiger partial charge in [-0.1, -0.05) is 53.8 Å². The Morgan fingerprint density at radius 3 is 2.39 bits per heavy atom. The molecule has 1 aliphatic rings. The van der Waals surface area contributed by atoms with Crippen LogP contribution in [0.4, 0.5) is 4.79 Å². The van der Waals surface area contributed by atoms with E-state index in [1.54, 1.807) is 24.1 Å². The first-order valence-electron chi connectivity index (χ1n) is 13.0. The zero-order valence-corrected chi connectivity index (χ0v) is 28.1. The summed E-state index contributed by atoms with van der Waals surface area (Å²) in [6.45, 7) is 2.25. The number of thioether (sulfide) groups is 3. The van der Waals surface area contributed by atoms with Crippen LogP contribution >= 0.6 is 35.3 Å². The molecule has 0 radical (unpaired) electrons. The predicted octanol–water partition coefficient (Wildman–Crippen LogP) is -0.189. The molecule has 41 heavy (non-hydrogen) atoms. The number of aliphatic carboxylic acids is 1. The number of nitrogens with zero attached hydrogens (tertiary/aromatic N) is 1. The van der Waals surface area contributed by atoms with E-state index in [1.807, 2.05) is 12.1 Å². The molecule has 0 saturated carbocycles. The van der Waals surface area contributed by atoms with Crippen LogP contribution in [0.25, 0.3) is 0 Å². The van der Waals surface area contributed by atoms with Gasteiger partial charge < -0.3 is 19.5 Å². The van der Waals surface area contributed by atoms with Gasteiger partial charge in [0.25, 0.3) is 5.24 Å². The normalized spacial score (nSPS) is 15.0. The number of carboxylic acids is 1. The summed E-state index contributed by atoms with van der Waals surface area (Å²) in [6.07, 6.45) is 3.34. The molecule has 1 aromatic carbocycles. The number of amides is 3. The fourth-order valence-corrected chi connectivity index (χ4v) is 6.68. The Labute approximate surface area is 275 Å². The summed E-state index contributed by atoms with van der Waals surface area (Å²) >= 11 is 3.32. The van der Waals surface area contributed by atoms with E-state index in [9.17, 15) is 33.9 Å². The largest absolute Gasteiger partial charge is 1.00 e. The molecule has 2 atom stereocenters. The van der Waals surface area contributed by atoms with Crippen LogP contribution in [0.5, 0.6) is 5.75 Å². The third-order valence-electron chi connectivity index (χ3n) is 5.97. The summed E-state index contributed by atoms with van der Waals surface area (Å²) < 4.78 is 5.74. The monoisotopic (exact) mass is 634 g/mol. The molecule has 10 nitrogen and oxygen atoms in total. The molecule has 1 aromatic rings. The van der Waals surface area contributed by atoms with Crippen molar-refractivity contribution in [2.24, 2.45) is 0 Å². The second-order valence-corrected chi connectivity index (χ2v) is 13.1. The Kier molecular flexibility index (Phi) is 18.7. The van der Waals surface area contributed by atoms with Gasteiger partial charge in [-0.25, -0.2) is 0 Å². The number of rotatable bonds is 18. The Hall–Kier alpha value is -1.51. The fraction of sp³-hybridized carbons (Fsp3) is 0.556. The molecule has 220 valence electrons. The van der Waals surface area contributed by atoms with Crippen LogP contribution < -0.4 is 44.7 Å². The van der Waals surface area contributed by atoms with Crippen molar-refractivity contribution in [3.63, 3.8) is 0 Å². The van der Waals surface area contributed by atoms with Gasteiger partial charge in [0.15, 0.2) is 10.2 Å². The molecular weight excluding hydrogens is 599 g/mol. The molecule has 0 aliphatic carbocycles. The summed E-state index contributed by atoms with van der Waals surface area (Å²) in [5.41, 5.74) is 0.923. The first-order valence-corrected chi connectivity index (χ1v) is 15.8. The van der Waals surface area contributed by atoms with Crippen LogP contribution in [0.15, 0.2) is 24.3 Å². The minimum absolute atomic E-state index is 0. The first-order chi connectivity index (χ1) is 19.0. The predicted molar refractivity (Wildman–Crippen MR) is 155 cm³/mol. The summed E-state index contributed by atoms with van der Waals surface area (Å²) in [4.78, 5) is 70.9. The molecule has 1 saturated heterocycles. The van der Waals surface area contributed by atoms with Gasteiger partial charge in [-0.05, 0) is 49.8 Å². The summed E-state index contributed by atoms with van der Waals surface area (Å²) in [7, 11) is 1.73. The van der Waals surface area contributed by atoms with Crippen molar-refractivity contribution in [1.29, 1.82) is 0 Å². The molecule has 2 unspecified atom stereocenters. The Morgan fingerprint density at radius 2 is 1.78 bits per heavy atom. The topological polar surface area (TPSA) is 150 Å². The second-order valence-electron chi connectivity index (χ2n) is 9.25. The van der Waals surface area contributed by atoms with Crippen LogP contribution in [0, 0.1) is 0 Å². The van der Waals surface area contributed by atoms with Crippen molar-refractivity contribution in [3.05, 3.63) is 29.8 Å². The second kappa shape index (κ2) is 20.4. The van der Waals surface area contributed by atoms with Gasteiger partial charge in [0.1, 0.15) is 12.4 Å². The number of benzene rings is 1. The number of hydrogen-bond acceptors (Lipinski definition) is 11. The molecule has 1 heterocycles. The van der Waals surface area contributed by atoms with E-state index in [2.05, 4.69) is 5.32 Å². The van der Waals surface area contributed by atoms with Crippen LogP contribution in [-0.4, -0.2) is 74.6 Å². The van der Waals surface area contributed by atoms with Gasteiger partial charge in [0, 0.05) is 43.8 Å². The molecule has 1 N–H and O–H groups in total. The number of carbonyl (C=O) groups excluding carboxylic acids is 6. The quantitative estimate of drug-likeness (QED) is 0.169. The third-order valence-corrected chi connectivity index (χ3v) is 9.05. The van der Waals surface area contributed by atoms with Gasteiger partial charge >= 0.3 is 29.6 Å². The number of likely N-dealkylation sites (N-methyl/N-ethyl adjacent to an activating group) is 1. The molecule has 0 aromatic heterocycles. The van der Waals surface area contributed by atoms with Crippen molar-refractivity contribution >= 4 is 68.5 Å². The number of hydrogen-bond donors (Lipinski definition) is 1. The Bertz CT molecular complexity index is 1060. The van der Waals surface area contributed by atoms with Crippen LogP contribution in [0.2, 0.25) is 0 Å². The number of nitrogens with one attached hydrogen (secondary N) is 1. The van der Waals surface area contributed by atoms with Crippen molar-refractivity contribution in [2.75, 3.05) is 26.0 Å². The smallest absolute Gasteiger partial charge is 0.550 e. The maximum Gasteiger partial charge on any atom is 1.00 e. The van der Waals surface area contributed by atoms with Crippen LogP contribution in [0.1, 0.15) is 57.4 Å². The van der Waals surface area contributed by atoms with Crippen LogP contribution in [-0.2, 0) is 30.4 Å². The number of carbonyl (C=O) groups is 6. The van der Waals surface area contributed by atoms with E-state index in [1.165, 1.54) is 18.7 Å². The van der Waals surface area contributed by atoms with E-state index < -0.39 is 11.2 Å². The molecule has 14 heteroatoms. The summed E-state index contributed by atoms with van der Waals surface area (Å²) in [5.74, 6) is -0.346. The Balaban J connectivity index is 0.00000840. The average molecular weight is 635 g/mol. The number of imide groups is 1. The standard InChI is InChI=1S/C27H36N2O8S3.Na/c1-18(30)39-21(13-16-38-25(34)12-11-24(32)33)5-3-4-6-23(31)29(2)14-15-37-20-9-7-19(8-10-20)17-22-26(35)28-27(36)40-22;/h7-10,21-22H,3-6,11-17H2,1-2H3,(H,32,33)(H,28,35,36);/q;+1/p-1. The zero-order chi connectivity index (χ0) is 29.5. The van der Waals surface area contributed by atoms with Crippen LogP contribution in [0.3, 0.4) is 0 Å². The number of unbranched alkanes of at least 4 members (excludes halogenated alkanes) is 1. The summed E-state index contributed by atoms with van der Waals surface area (Å²) in [5, 5.41) is 11.9. The number of carboxylic acid groups (broad SMARTS) is 1.